The molecule has 5 nitrogen and oxygen atoms in total. The molecule has 0 atom stereocenters. The summed E-state index contributed by atoms with van der Waals surface area (Å²) in [5, 5.41) is 2.98. The van der Waals surface area contributed by atoms with Crippen LogP contribution >= 0.6 is 0 Å². The first kappa shape index (κ1) is 19.0. The van der Waals surface area contributed by atoms with Crippen LogP contribution in [0.2, 0.25) is 0 Å². The fraction of sp³-hybridized carbons (Fsp3) is 0.250. The van der Waals surface area contributed by atoms with E-state index in [0.29, 0.717) is 5.82 Å². The Morgan fingerprint density at radius 1 is 1.07 bits per heavy atom. The molecule has 0 aliphatic heterocycles. The van der Waals surface area contributed by atoms with Crippen LogP contribution in [0.5, 0.6) is 11.5 Å². The van der Waals surface area contributed by atoms with Crippen LogP contribution in [0.4, 0.5) is 5.82 Å². The molecule has 0 radical (unpaired) electrons. The summed E-state index contributed by atoms with van der Waals surface area (Å²) in [6.07, 6.45) is 4.18. The van der Waals surface area contributed by atoms with Crippen LogP contribution in [-0.4, -0.2) is 25.1 Å². The second kappa shape index (κ2) is 7.95. The highest BCUT2D eigenvalue weighted by molar-refractivity contribution is 6.00. The van der Waals surface area contributed by atoms with Crippen LogP contribution in [0.1, 0.15) is 31.0 Å². The average Bonchev–Trinajstić information content (AvgIpc) is 3.58. The summed E-state index contributed by atoms with van der Waals surface area (Å²) in [6.45, 7) is 0. The van der Waals surface area contributed by atoms with Crippen molar-refractivity contribution in [3.8, 4) is 11.5 Å². The molecule has 2 aromatic carbocycles. The van der Waals surface area contributed by atoms with E-state index >= 15 is 0 Å². The van der Waals surface area contributed by atoms with E-state index in [1.807, 2.05) is 60.7 Å². The number of hydrogen-bond acceptors (Lipinski definition) is 4. The molecule has 1 aliphatic rings. The maximum absolute atomic E-state index is 12.9. The summed E-state index contributed by atoms with van der Waals surface area (Å²) in [5.74, 6) is 2.17. The van der Waals surface area contributed by atoms with Gasteiger partial charge >= 0.3 is 0 Å². The normalized spacial score (nSPS) is 14.1. The zero-order valence-corrected chi connectivity index (χ0v) is 16.6. The van der Waals surface area contributed by atoms with Crippen LogP contribution in [0.25, 0.3) is 0 Å². The summed E-state index contributed by atoms with van der Waals surface area (Å²) in [6, 6.07) is 19.5. The number of aromatic nitrogens is 1. The van der Waals surface area contributed by atoms with E-state index in [1.54, 1.807) is 20.4 Å². The van der Waals surface area contributed by atoms with Gasteiger partial charge in [-0.15, -0.1) is 0 Å². The Kier molecular flexibility index (Phi) is 5.21. The number of amides is 1. The molecule has 0 unspecified atom stereocenters. The Bertz CT molecular complexity index is 1020. The van der Waals surface area contributed by atoms with Crippen molar-refractivity contribution in [3.05, 3.63) is 83.6 Å². The number of benzene rings is 2. The van der Waals surface area contributed by atoms with Crippen molar-refractivity contribution in [1.82, 2.24) is 4.98 Å². The van der Waals surface area contributed by atoms with Crippen molar-refractivity contribution in [1.29, 1.82) is 0 Å². The van der Waals surface area contributed by atoms with Gasteiger partial charge in [-0.2, -0.15) is 0 Å². The minimum absolute atomic E-state index is 0. The number of carbonyl (C=O) groups is 1. The van der Waals surface area contributed by atoms with Gasteiger partial charge in [-0.05, 0) is 53.8 Å². The van der Waals surface area contributed by atoms with Crippen LogP contribution in [0, 0.1) is 0 Å². The molecule has 4 rings (SSSR count). The van der Waals surface area contributed by atoms with Crippen molar-refractivity contribution < 1.29 is 15.7 Å². The number of methoxy groups -OCH3 is 2. The molecule has 29 heavy (non-hydrogen) atoms. The van der Waals surface area contributed by atoms with Gasteiger partial charge in [0.05, 0.1) is 19.6 Å². The second-order valence-corrected chi connectivity index (χ2v) is 7.31. The molecule has 0 bridgehead atoms. The average molecular weight is 390 g/mol. The van der Waals surface area contributed by atoms with Gasteiger partial charge in [0.15, 0.2) is 0 Å². The number of rotatable bonds is 7. The zero-order valence-electron chi connectivity index (χ0n) is 16.6. The molecule has 1 fully saturated rings. The molecule has 0 saturated heterocycles. The van der Waals surface area contributed by atoms with Gasteiger partial charge in [-0.1, -0.05) is 36.4 Å². The van der Waals surface area contributed by atoms with E-state index in [0.717, 1.165) is 47.5 Å². The Morgan fingerprint density at radius 3 is 2.59 bits per heavy atom. The highest BCUT2D eigenvalue weighted by atomic mass is 16.5. The summed E-state index contributed by atoms with van der Waals surface area (Å²) in [5.41, 5.74) is 2.67. The standard InChI is InChI=1S/C24H24N2O3.H2/c1-28-20-8-5-7-19(15-20)24(12-13-24)23(27)26-22-11-10-17(16-25-22)14-18-6-3-4-9-21(18)29-2;/h3-11,15-16H,12-14H2,1-2H3,(H,25,26,27);1H. The molecule has 1 amide bonds. The Balaban J connectivity index is 0.00000256. The number of anilines is 1. The predicted octanol–water partition coefficient (Wildman–Crippen LogP) is 4.61. The van der Waals surface area contributed by atoms with Gasteiger partial charge in [0.2, 0.25) is 5.91 Å². The lowest BCUT2D eigenvalue weighted by molar-refractivity contribution is -0.118. The van der Waals surface area contributed by atoms with Gasteiger partial charge < -0.3 is 14.8 Å². The lowest BCUT2D eigenvalue weighted by Gasteiger charge is -2.16. The van der Waals surface area contributed by atoms with Crippen molar-refractivity contribution in [2.24, 2.45) is 0 Å². The topological polar surface area (TPSA) is 60.5 Å². The quantitative estimate of drug-likeness (QED) is 0.640. The fourth-order valence-corrected chi connectivity index (χ4v) is 3.60. The van der Waals surface area contributed by atoms with Crippen molar-refractivity contribution in [2.75, 3.05) is 19.5 Å². The predicted molar refractivity (Wildman–Crippen MR) is 115 cm³/mol. The van der Waals surface area contributed by atoms with Crippen molar-refractivity contribution >= 4 is 11.7 Å². The summed E-state index contributed by atoms with van der Waals surface area (Å²) >= 11 is 0. The minimum atomic E-state index is -0.480. The molecule has 0 spiro atoms. The minimum Gasteiger partial charge on any atom is -0.497 e. The van der Waals surface area contributed by atoms with Crippen molar-refractivity contribution in [3.63, 3.8) is 0 Å². The first-order chi connectivity index (χ1) is 14.1. The number of nitrogens with zero attached hydrogens (tertiary/aromatic N) is 1. The van der Waals surface area contributed by atoms with E-state index in [1.165, 1.54) is 0 Å². The van der Waals surface area contributed by atoms with Crippen LogP contribution in [-0.2, 0) is 16.6 Å². The maximum Gasteiger partial charge on any atom is 0.236 e. The molecule has 1 heterocycles. The third kappa shape index (κ3) is 3.94. The van der Waals surface area contributed by atoms with Gasteiger partial charge in [0.25, 0.3) is 0 Å². The second-order valence-electron chi connectivity index (χ2n) is 7.31. The number of hydrogen-bond donors (Lipinski definition) is 1. The van der Waals surface area contributed by atoms with E-state index in [9.17, 15) is 4.79 Å². The number of nitrogens with one attached hydrogen (secondary N) is 1. The SMILES string of the molecule is COc1cccc(C2(C(=O)Nc3ccc(Cc4ccccc4OC)cn3)CC2)c1.[HH]. The molecular formula is C24H26N2O3. The third-order valence-corrected chi connectivity index (χ3v) is 5.46. The molecule has 1 aliphatic carbocycles. The van der Waals surface area contributed by atoms with Gasteiger partial charge in [-0.25, -0.2) is 4.98 Å². The van der Waals surface area contributed by atoms with Crippen LogP contribution < -0.4 is 14.8 Å². The smallest absolute Gasteiger partial charge is 0.236 e. The summed E-state index contributed by atoms with van der Waals surface area (Å²) in [4.78, 5) is 17.4. The first-order valence-electron chi connectivity index (χ1n) is 9.67. The lowest BCUT2D eigenvalue weighted by atomic mass is 9.94. The Hall–Kier alpha value is -3.34. The monoisotopic (exact) mass is 390 g/mol. The molecular weight excluding hydrogens is 364 g/mol. The molecule has 150 valence electrons. The van der Waals surface area contributed by atoms with E-state index in [2.05, 4.69) is 10.3 Å². The van der Waals surface area contributed by atoms with E-state index in [-0.39, 0.29) is 7.33 Å². The van der Waals surface area contributed by atoms with Crippen molar-refractivity contribution in [2.45, 2.75) is 24.7 Å². The zero-order chi connectivity index (χ0) is 20.3. The molecule has 1 saturated carbocycles. The number of para-hydroxylation sites is 1. The van der Waals surface area contributed by atoms with Crippen LogP contribution in [0.15, 0.2) is 66.9 Å². The Labute approximate surface area is 172 Å². The summed E-state index contributed by atoms with van der Waals surface area (Å²) < 4.78 is 10.7. The lowest BCUT2D eigenvalue weighted by Crippen LogP contribution is -2.28. The summed E-state index contributed by atoms with van der Waals surface area (Å²) in [7, 11) is 3.31. The largest absolute Gasteiger partial charge is 0.497 e. The van der Waals surface area contributed by atoms with Gasteiger partial charge in [0, 0.05) is 14.0 Å². The third-order valence-electron chi connectivity index (χ3n) is 5.46. The molecule has 1 N–H and O–H groups in total. The fourth-order valence-electron chi connectivity index (χ4n) is 3.60. The highest BCUT2D eigenvalue weighted by Crippen LogP contribution is 2.49. The maximum atomic E-state index is 12.9. The number of ether oxygens (including phenoxy) is 2. The molecule has 5 heteroatoms. The first-order valence-corrected chi connectivity index (χ1v) is 9.67. The van der Waals surface area contributed by atoms with Gasteiger partial charge in [-0.3, -0.25) is 4.79 Å². The van der Waals surface area contributed by atoms with Gasteiger partial charge in [0.1, 0.15) is 17.3 Å². The van der Waals surface area contributed by atoms with E-state index < -0.39 is 5.41 Å². The van der Waals surface area contributed by atoms with Crippen LogP contribution in [0.3, 0.4) is 0 Å². The molecule has 3 aromatic rings. The number of carbonyl (C=O) groups excluding carboxylic acids is 1. The van der Waals surface area contributed by atoms with E-state index in [4.69, 9.17) is 9.47 Å². The number of pyridine rings is 1. The Morgan fingerprint density at radius 2 is 1.90 bits per heavy atom. The highest BCUT2D eigenvalue weighted by Gasteiger charge is 2.51. The molecule has 1 aromatic heterocycles.